The van der Waals surface area contributed by atoms with Gasteiger partial charge in [0.1, 0.15) is 6.04 Å². The molecule has 20 heavy (non-hydrogen) atoms. The average molecular weight is 296 g/mol. The Morgan fingerprint density at radius 3 is 1.60 bits per heavy atom. The summed E-state index contributed by atoms with van der Waals surface area (Å²) in [6.45, 7) is 5.12. The molecule has 0 aromatic heterocycles. The summed E-state index contributed by atoms with van der Waals surface area (Å²) in [5, 5.41) is 12.3. The van der Waals surface area contributed by atoms with Gasteiger partial charge in [-0.05, 0) is 71.5 Å². The second-order valence-corrected chi connectivity index (χ2v) is 5.15. The summed E-state index contributed by atoms with van der Waals surface area (Å²) < 4.78 is 38.5. The minimum atomic E-state index is -4.16. The maximum Gasteiger partial charge on any atom is 0.403 e. The number of nitrogens with one attached hydrogen (secondary N) is 4. The first-order valence-electron chi connectivity index (χ1n) is 7.53. The van der Waals surface area contributed by atoms with Crippen LogP contribution < -0.4 is 21.3 Å². The summed E-state index contributed by atoms with van der Waals surface area (Å²) in [7, 11) is 0. The van der Waals surface area contributed by atoms with Gasteiger partial charge in [-0.3, -0.25) is 0 Å². The molecule has 120 valence electrons. The first-order chi connectivity index (χ1) is 9.61. The number of hydrogen-bond donors (Lipinski definition) is 4. The molecule has 1 saturated heterocycles. The number of halogens is 3. The van der Waals surface area contributed by atoms with Crippen LogP contribution in [0.25, 0.3) is 0 Å². The summed E-state index contributed by atoms with van der Waals surface area (Å²) in [6.07, 6.45) is -1.37. The van der Waals surface area contributed by atoms with Gasteiger partial charge in [-0.1, -0.05) is 0 Å². The molecule has 4 nitrogen and oxygen atoms in total. The van der Waals surface area contributed by atoms with Crippen molar-refractivity contribution in [3.05, 3.63) is 0 Å². The van der Waals surface area contributed by atoms with Crippen LogP contribution in [0.1, 0.15) is 25.7 Å². The first-order valence-corrected chi connectivity index (χ1v) is 7.53. The van der Waals surface area contributed by atoms with Gasteiger partial charge in [-0.2, -0.15) is 13.2 Å². The SMILES string of the molecule is FC(F)(F)C1CCNCCCNCCCNCCCN1. The number of hydrogen-bond acceptors (Lipinski definition) is 4. The van der Waals surface area contributed by atoms with E-state index in [-0.39, 0.29) is 6.42 Å². The highest BCUT2D eigenvalue weighted by Crippen LogP contribution is 2.22. The monoisotopic (exact) mass is 296 g/mol. The molecule has 1 aliphatic rings. The van der Waals surface area contributed by atoms with E-state index >= 15 is 0 Å². The Balaban J connectivity index is 2.32. The van der Waals surface area contributed by atoms with Crippen LogP contribution in [0.15, 0.2) is 0 Å². The fraction of sp³-hybridized carbons (Fsp3) is 1.00. The van der Waals surface area contributed by atoms with Gasteiger partial charge in [-0.15, -0.1) is 0 Å². The van der Waals surface area contributed by atoms with E-state index in [1.165, 1.54) is 0 Å². The predicted molar refractivity (Wildman–Crippen MR) is 74.9 cm³/mol. The normalized spacial score (nSPS) is 26.2. The van der Waals surface area contributed by atoms with Crippen molar-refractivity contribution in [1.82, 2.24) is 21.3 Å². The maximum absolute atomic E-state index is 12.8. The van der Waals surface area contributed by atoms with Crippen molar-refractivity contribution in [2.24, 2.45) is 0 Å². The Morgan fingerprint density at radius 2 is 1.10 bits per heavy atom. The van der Waals surface area contributed by atoms with Crippen LogP contribution in [0.5, 0.6) is 0 Å². The van der Waals surface area contributed by atoms with E-state index in [0.29, 0.717) is 19.5 Å². The highest BCUT2D eigenvalue weighted by molar-refractivity contribution is 4.76. The number of alkyl halides is 3. The summed E-state index contributed by atoms with van der Waals surface area (Å²) in [4.78, 5) is 0. The van der Waals surface area contributed by atoms with Crippen molar-refractivity contribution in [1.29, 1.82) is 0 Å². The molecule has 1 unspecified atom stereocenters. The summed E-state index contributed by atoms with van der Waals surface area (Å²) >= 11 is 0. The van der Waals surface area contributed by atoms with Crippen LogP contribution in [0.2, 0.25) is 0 Å². The maximum atomic E-state index is 12.8. The summed E-state index contributed by atoms with van der Waals surface area (Å²) in [5.74, 6) is 0. The van der Waals surface area contributed by atoms with Crippen LogP contribution in [0.4, 0.5) is 13.2 Å². The Hall–Kier alpha value is -0.370. The third-order valence-corrected chi connectivity index (χ3v) is 3.34. The van der Waals surface area contributed by atoms with E-state index in [1.54, 1.807) is 0 Å². The lowest BCUT2D eigenvalue weighted by Gasteiger charge is -2.22. The molecule has 1 aliphatic heterocycles. The molecular weight excluding hydrogens is 269 g/mol. The second kappa shape index (κ2) is 10.4. The molecule has 7 heteroatoms. The fourth-order valence-electron chi connectivity index (χ4n) is 2.17. The molecule has 0 aliphatic carbocycles. The Bertz CT molecular complexity index is 220. The minimum absolute atomic E-state index is 0.0877. The zero-order valence-corrected chi connectivity index (χ0v) is 12.0. The lowest BCUT2D eigenvalue weighted by Crippen LogP contribution is -2.45. The third-order valence-electron chi connectivity index (χ3n) is 3.34. The molecule has 0 spiro atoms. The van der Waals surface area contributed by atoms with Gasteiger partial charge in [0.15, 0.2) is 0 Å². The van der Waals surface area contributed by atoms with Gasteiger partial charge < -0.3 is 21.3 Å². The smallest absolute Gasteiger partial charge is 0.317 e. The lowest BCUT2D eigenvalue weighted by atomic mass is 10.2. The number of rotatable bonds is 0. The standard InChI is InChI=1S/C13H27F3N4/c14-13(15,16)12-4-11-19-8-2-7-17-5-1-6-18-9-3-10-20-12/h12,17-20H,1-11H2. The third kappa shape index (κ3) is 8.73. The highest BCUT2D eigenvalue weighted by Gasteiger charge is 2.38. The zero-order chi connectivity index (χ0) is 14.7. The van der Waals surface area contributed by atoms with Crippen LogP contribution >= 0.6 is 0 Å². The van der Waals surface area contributed by atoms with Crippen molar-refractivity contribution < 1.29 is 13.2 Å². The quantitative estimate of drug-likeness (QED) is 0.535. The molecule has 1 fully saturated rings. The molecular formula is C13H27F3N4. The van der Waals surface area contributed by atoms with Crippen molar-refractivity contribution in [3.8, 4) is 0 Å². The second-order valence-electron chi connectivity index (χ2n) is 5.15. The fourth-order valence-corrected chi connectivity index (χ4v) is 2.17. The van der Waals surface area contributed by atoms with Crippen LogP contribution in [0.3, 0.4) is 0 Å². The Morgan fingerprint density at radius 1 is 0.650 bits per heavy atom. The minimum Gasteiger partial charge on any atom is -0.317 e. The van der Waals surface area contributed by atoms with Crippen LogP contribution in [-0.4, -0.2) is 58.0 Å². The van der Waals surface area contributed by atoms with Gasteiger partial charge in [0.2, 0.25) is 0 Å². The van der Waals surface area contributed by atoms with E-state index in [4.69, 9.17) is 0 Å². The first kappa shape index (κ1) is 17.7. The van der Waals surface area contributed by atoms with Gasteiger partial charge in [0.25, 0.3) is 0 Å². The van der Waals surface area contributed by atoms with Crippen molar-refractivity contribution >= 4 is 0 Å². The van der Waals surface area contributed by atoms with E-state index in [1.807, 2.05) is 0 Å². The van der Waals surface area contributed by atoms with Crippen molar-refractivity contribution in [2.45, 2.75) is 37.9 Å². The van der Waals surface area contributed by atoms with E-state index < -0.39 is 12.2 Å². The van der Waals surface area contributed by atoms with Gasteiger partial charge >= 0.3 is 6.18 Å². The highest BCUT2D eigenvalue weighted by atomic mass is 19.4. The van der Waals surface area contributed by atoms with Crippen LogP contribution in [-0.2, 0) is 0 Å². The predicted octanol–water partition coefficient (Wildman–Crippen LogP) is 0.850. The molecule has 0 radical (unpaired) electrons. The molecule has 0 bridgehead atoms. The van der Waals surface area contributed by atoms with E-state index in [2.05, 4.69) is 21.3 Å². The lowest BCUT2D eigenvalue weighted by molar-refractivity contribution is -0.156. The molecule has 4 N–H and O–H groups in total. The van der Waals surface area contributed by atoms with Crippen molar-refractivity contribution in [3.63, 3.8) is 0 Å². The van der Waals surface area contributed by atoms with Gasteiger partial charge in [-0.25, -0.2) is 0 Å². The average Bonchev–Trinajstić information content (AvgIpc) is 2.37. The summed E-state index contributed by atoms with van der Waals surface area (Å²) in [5.41, 5.74) is 0. The Labute approximate surface area is 119 Å². The van der Waals surface area contributed by atoms with Crippen LogP contribution in [0, 0.1) is 0 Å². The Kier molecular flexibility index (Phi) is 9.17. The topological polar surface area (TPSA) is 48.1 Å². The van der Waals surface area contributed by atoms with Crippen molar-refractivity contribution in [2.75, 3.05) is 45.8 Å². The molecule has 0 saturated carbocycles. The van der Waals surface area contributed by atoms with E-state index in [0.717, 1.165) is 45.6 Å². The molecule has 0 aromatic rings. The molecule has 1 atom stereocenters. The molecule has 1 heterocycles. The van der Waals surface area contributed by atoms with Gasteiger partial charge in [0, 0.05) is 0 Å². The molecule has 1 rings (SSSR count). The largest absolute Gasteiger partial charge is 0.403 e. The molecule has 0 amide bonds. The zero-order valence-electron chi connectivity index (χ0n) is 12.0. The molecule has 0 aromatic carbocycles. The summed E-state index contributed by atoms with van der Waals surface area (Å²) in [6, 6.07) is -1.40. The van der Waals surface area contributed by atoms with E-state index in [9.17, 15) is 13.2 Å². The van der Waals surface area contributed by atoms with Gasteiger partial charge in [0.05, 0.1) is 0 Å².